The van der Waals surface area contributed by atoms with E-state index in [1.165, 1.54) is 0 Å². The van der Waals surface area contributed by atoms with Crippen molar-refractivity contribution in [2.24, 2.45) is 5.73 Å². The number of hydrogen-bond acceptors (Lipinski definition) is 3. The molecule has 1 aromatic carbocycles. The summed E-state index contributed by atoms with van der Waals surface area (Å²) in [6.45, 7) is 8.24. The van der Waals surface area contributed by atoms with Gasteiger partial charge in [-0.05, 0) is 31.5 Å². The first kappa shape index (κ1) is 12.9. The molecule has 1 amide bonds. The number of benzene rings is 1. The summed E-state index contributed by atoms with van der Waals surface area (Å²) >= 11 is 0. The molecule has 4 nitrogen and oxygen atoms in total. The minimum Gasteiger partial charge on any atom is -0.476 e. The quantitative estimate of drug-likeness (QED) is 0.841. The van der Waals surface area contributed by atoms with E-state index < -0.39 is 5.60 Å². The van der Waals surface area contributed by atoms with E-state index >= 15 is 0 Å². The lowest BCUT2D eigenvalue weighted by atomic mass is 9.84. The van der Waals surface area contributed by atoms with Crippen molar-refractivity contribution in [3.05, 3.63) is 23.8 Å². The van der Waals surface area contributed by atoms with Crippen molar-refractivity contribution in [1.82, 2.24) is 0 Å². The lowest BCUT2D eigenvalue weighted by Gasteiger charge is -2.33. The Balaban J connectivity index is 2.43. The van der Waals surface area contributed by atoms with Gasteiger partial charge >= 0.3 is 0 Å². The molecule has 0 unspecified atom stereocenters. The van der Waals surface area contributed by atoms with Crippen LogP contribution in [0.25, 0.3) is 0 Å². The fourth-order valence-electron chi connectivity index (χ4n) is 1.84. The van der Waals surface area contributed by atoms with E-state index in [0.717, 1.165) is 11.3 Å². The summed E-state index contributed by atoms with van der Waals surface area (Å²) in [5, 5.41) is 2.85. The molecule has 0 saturated heterocycles. The van der Waals surface area contributed by atoms with E-state index in [1.54, 1.807) is 13.8 Å². The molecule has 0 aliphatic carbocycles. The highest BCUT2D eigenvalue weighted by Crippen LogP contribution is 2.36. The fourth-order valence-corrected chi connectivity index (χ4v) is 1.84. The van der Waals surface area contributed by atoms with Gasteiger partial charge in [-0.2, -0.15) is 0 Å². The molecule has 0 fully saturated rings. The number of amides is 1. The summed E-state index contributed by atoms with van der Waals surface area (Å²) in [5.41, 5.74) is 6.66. The summed E-state index contributed by atoms with van der Waals surface area (Å²) in [6.07, 6.45) is 0. The summed E-state index contributed by atoms with van der Waals surface area (Å²) in [6, 6.07) is 5.81. The second kappa shape index (κ2) is 3.99. The summed E-state index contributed by atoms with van der Waals surface area (Å²) in [4.78, 5) is 11.8. The van der Waals surface area contributed by atoms with Crippen molar-refractivity contribution < 1.29 is 9.53 Å². The number of nitrogens with two attached hydrogens (primary N) is 1. The third-order valence-corrected chi connectivity index (χ3v) is 3.43. The molecule has 0 aromatic heterocycles. The Morgan fingerprint density at radius 1 is 1.39 bits per heavy atom. The molecule has 1 aliphatic rings. The molecule has 0 radical (unpaired) electrons. The molecular formula is C14H20N2O2. The van der Waals surface area contributed by atoms with Gasteiger partial charge in [0.1, 0.15) is 5.75 Å². The number of ether oxygens (including phenoxy) is 1. The van der Waals surface area contributed by atoms with Crippen molar-refractivity contribution in [3.8, 4) is 5.75 Å². The maximum absolute atomic E-state index is 11.8. The maximum Gasteiger partial charge on any atom is 0.268 e. The molecule has 2 rings (SSSR count). The van der Waals surface area contributed by atoms with E-state index in [2.05, 4.69) is 19.2 Å². The van der Waals surface area contributed by atoms with Gasteiger partial charge in [0.2, 0.25) is 0 Å². The van der Waals surface area contributed by atoms with Crippen LogP contribution in [0.2, 0.25) is 0 Å². The van der Waals surface area contributed by atoms with E-state index in [-0.39, 0.29) is 11.3 Å². The third kappa shape index (κ3) is 2.08. The van der Waals surface area contributed by atoms with Gasteiger partial charge < -0.3 is 15.8 Å². The predicted octanol–water partition coefficient (Wildman–Crippen LogP) is 2.03. The number of carbonyl (C=O) groups is 1. The molecule has 0 spiro atoms. The first-order valence-electron chi connectivity index (χ1n) is 6.11. The summed E-state index contributed by atoms with van der Waals surface area (Å²) in [5.74, 6) is 0.583. The molecule has 4 heteroatoms. The Kier molecular flexibility index (Phi) is 2.86. The topological polar surface area (TPSA) is 64.3 Å². The van der Waals surface area contributed by atoms with Crippen molar-refractivity contribution in [2.45, 2.75) is 38.7 Å². The van der Waals surface area contributed by atoms with E-state index in [0.29, 0.717) is 12.3 Å². The zero-order chi connectivity index (χ0) is 13.6. The van der Waals surface area contributed by atoms with Crippen LogP contribution in [-0.2, 0) is 10.2 Å². The first-order chi connectivity index (χ1) is 8.26. The van der Waals surface area contributed by atoms with Crippen LogP contribution < -0.4 is 15.8 Å². The Morgan fingerprint density at radius 3 is 2.67 bits per heavy atom. The fraction of sp³-hybridized carbons (Fsp3) is 0.500. The van der Waals surface area contributed by atoms with Crippen molar-refractivity contribution in [3.63, 3.8) is 0 Å². The Bertz CT molecular complexity index is 493. The van der Waals surface area contributed by atoms with Crippen molar-refractivity contribution in [1.29, 1.82) is 0 Å². The molecule has 3 N–H and O–H groups in total. The van der Waals surface area contributed by atoms with Crippen LogP contribution >= 0.6 is 0 Å². The number of carbonyl (C=O) groups excluding carboxylic acids is 1. The smallest absolute Gasteiger partial charge is 0.268 e. The lowest BCUT2D eigenvalue weighted by Crippen LogP contribution is -2.45. The number of nitrogens with one attached hydrogen (secondary N) is 1. The van der Waals surface area contributed by atoms with Gasteiger partial charge in [0.05, 0.1) is 5.69 Å². The number of rotatable bonds is 2. The average molecular weight is 248 g/mol. The zero-order valence-corrected chi connectivity index (χ0v) is 11.3. The molecular weight excluding hydrogens is 228 g/mol. The molecule has 0 bridgehead atoms. The standard InChI is InChI=1S/C14H20N2O2/c1-13(2,8-15)9-5-6-10-11(7-9)18-14(3,4)12(17)16-10/h5-7H,8,15H2,1-4H3,(H,16,17). The second-order valence-corrected chi connectivity index (χ2v) is 5.87. The van der Waals surface area contributed by atoms with Crippen LogP contribution in [0.4, 0.5) is 5.69 Å². The van der Waals surface area contributed by atoms with Gasteiger partial charge in [0, 0.05) is 12.0 Å². The van der Waals surface area contributed by atoms with Crippen LogP contribution in [0.15, 0.2) is 18.2 Å². The molecule has 98 valence electrons. The first-order valence-corrected chi connectivity index (χ1v) is 6.11. The zero-order valence-electron chi connectivity index (χ0n) is 11.3. The normalized spacial score (nSPS) is 17.7. The molecule has 1 aromatic rings. The van der Waals surface area contributed by atoms with Crippen LogP contribution in [-0.4, -0.2) is 18.1 Å². The van der Waals surface area contributed by atoms with Crippen LogP contribution in [0.5, 0.6) is 5.75 Å². The molecule has 1 heterocycles. The molecule has 1 aliphatic heterocycles. The van der Waals surface area contributed by atoms with E-state index in [4.69, 9.17) is 10.5 Å². The average Bonchev–Trinajstić information content (AvgIpc) is 2.29. The van der Waals surface area contributed by atoms with Gasteiger partial charge in [0.25, 0.3) is 5.91 Å². The number of hydrogen-bond donors (Lipinski definition) is 2. The van der Waals surface area contributed by atoms with Gasteiger partial charge in [-0.1, -0.05) is 19.9 Å². The molecule has 18 heavy (non-hydrogen) atoms. The van der Waals surface area contributed by atoms with Gasteiger partial charge in [-0.25, -0.2) is 0 Å². The Labute approximate surface area is 108 Å². The minimum absolute atomic E-state index is 0.107. The summed E-state index contributed by atoms with van der Waals surface area (Å²) < 4.78 is 5.76. The number of fused-ring (bicyclic) bond motifs is 1. The SMILES string of the molecule is CC1(C)Oc2cc(C(C)(C)CN)ccc2NC1=O. The third-order valence-electron chi connectivity index (χ3n) is 3.43. The highest BCUT2D eigenvalue weighted by Gasteiger charge is 2.35. The second-order valence-electron chi connectivity index (χ2n) is 5.87. The monoisotopic (exact) mass is 248 g/mol. The van der Waals surface area contributed by atoms with Gasteiger partial charge in [-0.15, -0.1) is 0 Å². The molecule has 0 atom stereocenters. The highest BCUT2D eigenvalue weighted by molar-refractivity contribution is 6.00. The maximum atomic E-state index is 11.8. The van der Waals surface area contributed by atoms with Gasteiger partial charge in [0.15, 0.2) is 5.60 Å². The van der Waals surface area contributed by atoms with Crippen LogP contribution in [0.3, 0.4) is 0 Å². The van der Waals surface area contributed by atoms with Crippen molar-refractivity contribution >= 4 is 11.6 Å². The molecule has 0 saturated carbocycles. The van der Waals surface area contributed by atoms with Crippen LogP contribution in [0.1, 0.15) is 33.3 Å². The predicted molar refractivity (Wildman–Crippen MR) is 71.9 cm³/mol. The highest BCUT2D eigenvalue weighted by atomic mass is 16.5. The largest absolute Gasteiger partial charge is 0.476 e. The van der Waals surface area contributed by atoms with E-state index in [9.17, 15) is 4.79 Å². The Hall–Kier alpha value is -1.55. The van der Waals surface area contributed by atoms with Crippen LogP contribution in [0, 0.1) is 0 Å². The summed E-state index contributed by atoms with van der Waals surface area (Å²) in [7, 11) is 0. The lowest BCUT2D eigenvalue weighted by molar-refractivity contribution is -0.129. The van der Waals surface area contributed by atoms with Gasteiger partial charge in [-0.3, -0.25) is 4.79 Å². The van der Waals surface area contributed by atoms with Crippen molar-refractivity contribution in [2.75, 3.05) is 11.9 Å². The Morgan fingerprint density at radius 2 is 2.06 bits per heavy atom. The number of anilines is 1. The minimum atomic E-state index is -0.835. The van der Waals surface area contributed by atoms with E-state index in [1.807, 2.05) is 18.2 Å².